The first-order valence-corrected chi connectivity index (χ1v) is 6.20. The molecule has 2 rings (SSSR count). The fourth-order valence-electron chi connectivity index (χ4n) is 1.60. The average molecular weight is 288 g/mol. The molecule has 20 heavy (non-hydrogen) atoms. The standard InChI is InChI=1S/C14H12N2O3S/c1-19-10-7-5-9(6-8-10)3-2-4-11-12(17)15-14(20)16-13(11)18/h2-8H,1H3,(H2,15,16,17,18,20). The topological polar surface area (TPSA) is 67.4 Å². The van der Waals surface area contributed by atoms with Gasteiger partial charge in [-0.15, -0.1) is 0 Å². The highest BCUT2D eigenvalue weighted by Crippen LogP contribution is 2.12. The van der Waals surface area contributed by atoms with Crippen LogP contribution < -0.4 is 15.4 Å². The third-order valence-electron chi connectivity index (χ3n) is 2.61. The number of amides is 2. The second-order valence-corrected chi connectivity index (χ2v) is 4.36. The van der Waals surface area contributed by atoms with E-state index in [0.29, 0.717) is 0 Å². The van der Waals surface area contributed by atoms with Crippen molar-refractivity contribution in [1.82, 2.24) is 10.6 Å². The number of hydrogen-bond donors (Lipinski definition) is 2. The Bertz CT molecular complexity index is 596. The lowest BCUT2D eigenvalue weighted by molar-refractivity contribution is -0.123. The molecule has 0 aromatic heterocycles. The molecule has 1 aliphatic rings. The normalized spacial score (nSPS) is 15.1. The van der Waals surface area contributed by atoms with E-state index in [4.69, 9.17) is 17.0 Å². The van der Waals surface area contributed by atoms with Crippen LogP contribution in [-0.4, -0.2) is 24.0 Å². The number of carbonyl (C=O) groups excluding carboxylic acids is 2. The number of methoxy groups -OCH3 is 1. The van der Waals surface area contributed by atoms with Gasteiger partial charge in [0.15, 0.2) is 5.11 Å². The van der Waals surface area contributed by atoms with Crippen LogP contribution in [0.5, 0.6) is 5.75 Å². The Morgan fingerprint density at radius 2 is 1.70 bits per heavy atom. The van der Waals surface area contributed by atoms with Crippen molar-refractivity contribution in [3.8, 4) is 5.75 Å². The van der Waals surface area contributed by atoms with Crippen molar-refractivity contribution in [2.24, 2.45) is 0 Å². The van der Waals surface area contributed by atoms with Crippen LogP contribution in [0.25, 0.3) is 6.08 Å². The number of ether oxygens (including phenoxy) is 1. The highest BCUT2D eigenvalue weighted by Gasteiger charge is 2.24. The molecule has 2 amide bonds. The van der Waals surface area contributed by atoms with Crippen LogP contribution >= 0.6 is 12.2 Å². The molecule has 0 bridgehead atoms. The van der Waals surface area contributed by atoms with Gasteiger partial charge in [0.1, 0.15) is 11.3 Å². The van der Waals surface area contributed by atoms with Crippen molar-refractivity contribution in [2.45, 2.75) is 0 Å². The van der Waals surface area contributed by atoms with Gasteiger partial charge >= 0.3 is 0 Å². The molecular formula is C14H12N2O3S. The van der Waals surface area contributed by atoms with Gasteiger partial charge in [-0.1, -0.05) is 24.3 Å². The highest BCUT2D eigenvalue weighted by atomic mass is 32.1. The van der Waals surface area contributed by atoms with E-state index in [9.17, 15) is 9.59 Å². The van der Waals surface area contributed by atoms with Crippen LogP contribution in [0.2, 0.25) is 0 Å². The molecule has 0 unspecified atom stereocenters. The monoisotopic (exact) mass is 288 g/mol. The van der Waals surface area contributed by atoms with Gasteiger partial charge in [-0.3, -0.25) is 20.2 Å². The van der Waals surface area contributed by atoms with E-state index in [2.05, 4.69) is 10.6 Å². The van der Waals surface area contributed by atoms with E-state index >= 15 is 0 Å². The van der Waals surface area contributed by atoms with Gasteiger partial charge < -0.3 is 4.74 Å². The van der Waals surface area contributed by atoms with E-state index in [-0.39, 0.29) is 10.7 Å². The molecule has 5 nitrogen and oxygen atoms in total. The molecule has 1 fully saturated rings. The zero-order valence-electron chi connectivity index (χ0n) is 10.7. The number of nitrogens with one attached hydrogen (secondary N) is 2. The summed E-state index contributed by atoms with van der Waals surface area (Å²) in [6.07, 6.45) is 4.85. The van der Waals surface area contributed by atoms with Crippen molar-refractivity contribution in [3.05, 3.63) is 47.6 Å². The summed E-state index contributed by atoms with van der Waals surface area (Å²) < 4.78 is 5.05. The summed E-state index contributed by atoms with van der Waals surface area (Å²) in [6, 6.07) is 7.38. The minimum atomic E-state index is -0.502. The number of thiocarbonyl (C=S) groups is 1. The smallest absolute Gasteiger partial charge is 0.263 e. The van der Waals surface area contributed by atoms with Crippen LogP contribution in [0.3, 0.4) is 0 Å². The number of carbonyl (C=O) groups is 2. The first-order valence-electron chi connectivity index (χ1n) is 5.79. The Morgan fingerprint density at radius 1 is 1.10 bits per heavy atom. The maximum Gasteiger partial charge on any atom is 0.263 e. The van der Waals surface area contributed by atoms with Crippen molar-refractivity contribution in [1.29, 1.82) is 0 Å². The van der Waals surface area contributed by atoms with Gasteiger partial charge in [0.05, 0.1) is 7.11 Å². The first kappa shape index (κ1) is 14.0. The second kappa shape index (κ2) is 6.12. The minimum Gasteiger partial charge on any atom is -0.497 e. The van der Waals surface area contributed by atoms with Gasteiger partial charge in [0.25, 0.3) is 11.8 Å². The van der Waals surface area contributed by atoms with E-state index in [0.717, 1.165) is 11.3 Å². The van der Waals surface area contributed by atoms with Gasteiger partial charge in [-0.25, -0.2) is 0 Å². The Balaban J connectivity index is 2.10. The van der Waals surface area contributed by atoms with Crippen molar-refractivity contribution in [2.75, 3.05) is 7.11 Å². The largest absolute Gasteiger partial charge is 0.497 e. The van der Waals surface area contributed by atoms with Crippen molar-refractivity contribution >= 4 is 35.2 Å². The molecular weight excluding hydrogens is 276 g/mol. The molecule has 1 heterocycles. The molecule has 0 saturated carbocycles. The summed E-state index contributed by atoms with van der Waals surface area (Å²) >= 11 is 4.70. The predicted molar refractivity (Wildman–Crippen MR) is 79.0 cm³/mol. The Hall–Kier alpha value is -2.47. The van der Waals surface area contributed by atoms with Crippen LogP contribution in [0, 0.1) is 0 Å². The number of benzene rings is 1. The van der Waals surface area contributed by atoms with Gasteiger partial charge in [0.2, 0.25) is 0 Å². The lowest BCUT2D eigenvalue weighted by Gasteiger charge is -2.15. The summed E-state index contributed by atoms with van der Waals surface area (Å²) in [7, 11) is 1.60. The summed E-state index contributed by atoms with van der Waals surface area (Å²) in [5, 5.41) is 4.76. The lowest BCUT2D eigenvalue weighted by atomic mass is 10.1. The molecule has 1 aliphatic heterocycles. The summed E-state index contributed by atoms with van der Waals surface area (Å²) in [4.78, 5) is 23.1. The van der Waals surface area contributed by atoms with Crippen LogP contribution in [0.1, 0.15) is 5.56 Å². The van der Waals surface area contributed by atoms with Crippen molar-refractivity contribution < 1.29 is 14.3 Å². The maximum absolute atomic E-state index is 11.6. The summed E-state index contributed by atoms with van der Waals surface area (Å²) in [5.41, 5.74) is 0.943. The number of rotatable bonds is 3. The highest BCUT2D eigenvalue weighted by molar-refractivity contribution is 7.80. The summed E-state index contributed by atoms with van der Waals surface area (Å²) in [5.74, 6) is -0.240. The Morgan fingerprint density at radius 3 is 2.25 bits per heavy atom. The first-order chi connectivity index (χ1) is 9.60. The fourth-order valence-corrected chi connectivity index (χ4v) is 1.78. The molecule has 0 spiro atoms. The molecule has 102 valence electrons. The molecule has 0 atom stereocenters. The van der Waals surface area contributed by atoms with E-state index in [1.807, 2.05) is 24.3 Å². The van der Waals surface area contributed by atoms with Crippen molar-refractivity contribution in [3.63, 3.8) is 0 Å². The number of allylic oxidation sites excluding steroid dienone is 2. The van der Waals surface area contributed by atoms with E-state index < -0.39 is 11.8 Å². The van der Waals surface area contributed by atoms with Gasteiger partial charge in [-0.2, -0.15) is 0 Å². The molecule has 1 saturated heterocycles. The Labute approximate surface area is 121 Å². The molecule has 0 aliphatic carbocycles. The lowest BCUT2D eigenvalue weighted by Crippen LogP contribution is -2.51. The quantitative estimate of drug-likeness (QED) is 0.498. The fraction of sp³-hybridized carbons (Fsp3) is 0.0714. The van der Waals surface area contributed by atoms with Crippen LogP contribution in [0.4, 0.5) is 0 Å². The second-order valence-electron chi connectivity index (χ2n) is 3.95. The number of hydrogen-bond acceptors (Lipinski definition) is 4. The third kappa shape index (κ3) is 3.30. The average Bonchev–Trinajstić information content (AvgIpc) is 2.42. The zero-order chi connectivity index (χ0) is 14.5. The minimum absolute atomic E-state index is 0.0170. The van der Waals surface area contributed by atoms with Crippen LogP contribution in [-0.2, 0) is 9.59 Å². The molecule has 1 aromatic carbocycles. The van der Waals surface area contributed by atoms with E-state index in [1.165, 1.54) is 6.08 Å². The van der Waals surface area contributed by atoms with Gasteiger partial charge in [0, 0.05) is 0 Å². The third-order valence-corrected chi connectivity index (χ3v) is 2.81. The summed E-state index contributed by atoms with van der Waals surface area (Å²) in [6.45, 7) is 0. The van der Waals surface area contributed by atoms with E-state index in [1.54, 1.807) is 19.3 Å². The van der Waals surface area contributed by atoms with Crippen LogP contribution in [0.15, 0.2) is 42.0 Å². The SMILES string of the molecule is COc1ccc(C=CC=C2C(=O)NC(=S)NC2=O)cc1. The molecule has 2 N–H and O–H groups in total. The molecule has 0 radical (unpaired) electrons. The molecule has 6 heteroatoms. The predicted octanol–water partition coefficient (Wildman–Crippen LogP) is 1.17. The molecule has 1 aromatic rings. The maximum atomic E-state index is 11.6. The Kier molecular flexibility index (Phi) is 4.27. The van der Waals surface area contributed by atoms with Gasteiger partial charge in [-0.05, 0) is 36.0 Å². The zero-order valence-corrected chi connectivity index (χ0v) is 11.5.